The van der Waals surface area contributed by atoms with Crippen molar-refractivity contribution in [3.8, 4) is 46.0 Å². The summed E-state index contributed by atoms with van der Waals surface area (Å²) < 4.78 is 0. The third kappa shape index (κ3) is 10.2. The van der Waals surface area contributed by atoms with Gasteiger partial charge in [-0.2, -0.15) is 0 Å². The lowest BCUT2D eigenvalue weighted by atomic mass is 9.72. The molecule has 8 heteroatoms. The molecule has 0 bridgehead atoms. The van der Waals surface area contributed by atoms with Crippen molar-refractivity contribution in [3.63, 3.8) is 0 Å². The monoisotopic (exact) mass is 908 g/mol. The van der Waals surface area contributed by atoms with Crippen LogP contribution in [0.1, 0.15) is 113 Å². The van der Waals surface area contributed by atoms with Crippen LogP contribution in [0.3, 0.4) is 0 Å². The van der Waals surface area contributed by atoms with Crippen molar-refractivity contribution in [2.45, 2.75) is 79.1 Å². The van der Waals surface area contributed by atoms with Crippen molar-refractivity contribution in [2.75, 3.05) is 0 Å². The third-order valence-electron chi connectivity index (χ3n) is 13.3. The molecule has 8 N–H and O–H groups in total. The molecule has 68 heavy (non-hydrogen) atoms. The average molecular weight is 909 g/mol. The van der Waals surface area contributed by atoms with E-state index >= 15 is 0 Å². The first kappa shape index (κ1) is 48.1. The van der Waals surface area contributed by atoms with Crippen molar-refractivity contribution in [1.82, 2.24) is 0 Å². The number of phenolic OH excluding ortho intramolecular Hbond substituents is 8. The number of phenols is 8. The highest BCUT2D eigenvalue weighted by Crippen LogP contribution is 2.48. The van der Waals surface area contributed by atoms with Crippen molar-refractivity contribution in [3.05, 3.63) is 235 Å². The van der Waals surface area contributed by atoms with E-state index in [-0.39, 0.29) is 69.7 Å². The van der Waals surface area contributed by atoms with Gasteiger partial charge in [-0.1, -0.05) is 97.1 Å². The van der Waals surface area contributed by atoms with Crippen LogP contribution < -0.4 is 0 Å². The zero-order valence-corrected chi connectivity index (χ0v) is 39.7. The maximum atomic E-state index is 10.2. The highest BCUT2D eigenvalue weighted by atomic mass is 16.3. The SMILES string of the molecule is Cc1cc(C(c2ccc(O)c(C)c2)C(c2ccc(O)c(C)c2)c2ccc(O)c(C)c2)ccc1O.Cc1cc(C(c2ccc(O)c(C)c2)C(c2ccc(O)c(C)c2)c2ccc(O)c(C)c2)ccc1O. The minimum Gasteiger partial charge on any atom is -0.508 e. The molecule has 0 fully saturated rings. The van der Waals surface area contributed by atoms with Gasteiger partial charge in [0, 0.05) is 23.7 Å². The Labute approximate surface area is 399 Å². The van der Waals surface area contributed by atoms with E-state index in [1.54, 1.807) is 48.5 Å². The molecule has 0 aromatic heterocycles. The number of benzene rings is 8. The predicted octanol–water partition coefficient (Wildman–Crippen LogP) is 13.4. The van der Waals surface area contributed by atoms with E-state index in [2.05, 4.69) is 0 Å². The number of aryl methyl sites for hydroxylation is 8. The molecule has 0 atom stereocenters. The van der Waals surface area contributed by atoms with Crippen molar-refractivity contribution in [1.29, 1.82) is 0 Å². The lowest BCUT2D eigenvalue weighted by molar-refractivity contribution is 0.468. The van der Waals surface area contributed by atoms with Gasteiger partial charge in [-0.25, -0.2) is 0 Å². The first-order valence-electron chi connectivity index (χ1n) is 22.7. The fraction of sp³-hybridized carbons (Fsp3) is 0.200. The van der Waals surface area contributed by atoms with E-state index < -0.39 is 0 Å². The van der Waals surface area contributed by atoms with E-state index in [1.807, 2.05) is 152 Å². The summed E-state index contributed by atoms with van der Waals surface area (Å²) in [5, 5.41) is 81.6. The van der Waals surface area contributed by atoms with Gasteiger partial charge < -0.3 is 40.9 Å². The zero-order chi connectivity index (χ0) is 49.1. The molecule has 0 radical (unpaired) electrons. The maximum Gasteiger partial charge on any atom is 0.118 e. The number of hydrogen-bond acceptors (Lipinski definition) is 8. The lowest BCUT2D eigenvalue weighted by Crippen LogP contribution is -2.15. The van der Waals surface area contributed by atoms with Crippen LogP contribution in [0.15, 0.2) is 146 Å². The molecule has 0 aliphatic rings. The molecule has 0 saturated carbocycles. The molecule has 8 aromatic rings. The van der Waals surface area contributed by atoms with Gasteiger partial charge in [-0.3, -0.25) is 0 Å². The highest BCUT2D eigenvalue weighted by Gasteiger charge is 2.32. The molecule has 348 valence electrons. The number of aromatic hydroxyl groups is 8. The van der Waals surface area contributed by atoms with Crippen LogP contribution in [0.4, 0.5) is 0 Å². The molecule has 0 heterocycles. The standard InChI is InChI=1S/2C30H30O4/c2*1-17-13-21(5-9-25(17)31)29(22-6-10-26(32)18(2)14-22)30(23-7-11-27(33)19(3)15-23)24-8-12-28(34)20(4)16-24/h2*5-16,29-34H,1-4H3. The fourth-order valence-electron chi connectivity index (χ4n) is 9.29. The Morgan fingerprint density at radius 1 is 0.191 bits per heavy atom. The summed E-state index contributed by atoms with van der Waals surface area (Å²) in [6, 6.07) is 45.1. The minimum atomic E-state index is -0.161. The van der Waals surface area contributed by atoms with E-state index in [4.69, 9.17) is 0 Å². The minimum absolute atomic E-state index is 0.161. The van der Waals surface area contributed by atoms with Gasteiger partial charge in [-0.05, 0) is 193 Å². The average Bonchev–Trinajstić information content (AvgIpc) is 3.30. The Morgan fingerprint density at radius 2 is 0.294 bits per heavy atom. The number of hydrogen-bond donors (Lipinski definition) is 8. The smallest absolute Gasteiger partial charge is 0.118 e. The zero-order valence-electron chi connectivity index (χ0n) is 39.7. The van der Waals surface area contributed by atoms with Crippen LogP contribution in [-0.4, -0.2) is 40.9 Å². The quantitative estimate of drug-likeness (QED) is 0.0673. The topological polar surface area (TPSA) is 162 Å². The summed E-state index contributed by atoms with van der Waals surface area (Å²) in [5.41, 5.74) is 14.4. The third-order valence-corrected chi connectivity index (χ3v) is 13.3. The van der Waals surface area contributed by atoms with Crippen LogP contribution in [0.25, 0.3) is 0 Å². The molecule has 0 saturated heterocycles. The van der Waals surface area contributed by atoms with Crippen LogP contribution >= 0.6 is 0 Å². The Bertz CT molecular complexity index is 2510. The summed E-state index contributed by atoms with van der Waals surface area (Å²) in [6.07, 6.45) is 0. The summed E-state index contributed by atoms with van der Waals surface area (Å²) in [6.45, 7) is 15.0. The van der Waals surface area contributed by atoms with E-state index in [0.717, 1.165) is 89.0 Å². The van der Waals surface area contributed by atoms with Crippen LogP contribution in [-0.2, 0) is 0 Å². The summed E-state index contributed by atoms with van der Waals surface area (Å²) in [4.78, 5) is 0. The van der Waals surface area contributed by atoms with Crippen molar-refractivity contribution < 1.29 is 40.9 Å². The van der Waals surface area contributed by atoms with Crippen LogP contribution in [0.2, 0.25) is 0 Å². The Morgan fingerprint density at radius 3 is 0.382 bits per heavy atom. The molecule has 0 unspecified atom stereocenters. The Balaban J connectivity index is 0.000000201. The van der Waals surface area contributed by atoms with Gasteiger partial charge in [0.2, 0.25) is 0 Å². The second-order valence-corrected chi connectivity index (χ2v) is 18.3. The highest BCUT2D eigenvalue weighted by molar-refractivity contribution is 5.54. The first-order chi connectivity index (χ1) is 32.3. The van der Waals surface area contributed by atoms with Gasteiger partial charge in [0.15, 0.2) is 0 Å². The molecule has 0 aliphatic carbocycles. The van der Waals surface area contributed by atoms with E-state index in [1.165, 1.54) is 0 Å². The molecular weight excluding hydrogens is 849 g/mol. The number of rotatable bonds is 10. The van der Waals surface area contributed by atoms with Gasteiger partial charge in [-0.15, -0.1) is 0 Å². The van der Waals surface area contributed by atoms with Crippen molar-refractivity contribution >= 4 is 0 Å². The molecule has 8 rings (SSSR count). The Hall–Kier alpha value is -7.84. The van der Waals surface area contributed by atoms with Crippen molar-refractivity contribution in [2.24, 2.45) is 0 Å². The molecular formula is C60H60O8. The fourth-order valence-corrected chi connectivity index (χ4v) is 9.29. The Kier molecular flexibility index (Phi) is 14.1. The van der Waals surface area contributed by atoms with Crippen LogP contribution in [0.5, 0.6) is 46.0 Å². The lowest BCUT2D eigenvalue weighted by Gasteiger charge is -2.31. The normalized spacial score (nSPS) is 11.4. The summed E-state index contributed by atoms with van der Waals surface area (Å²) in [7, 11) is 0. The first-order valence-corrected chi connectivity index (χ1v) is 22.7. The molecule has 0 aliphatic heterocycles. The largest absolute Gasteiger partial charge is 0.508 e. The van der Waals surface area contributed by atoms with E-state index in [9.17, 15) is 40.9 Å². The molecule has 0 amide bonds. The van der Waals surface area contributed by atoms with Gasteiger partial charge in [0.05, 0.1) is 0 Å². The van der Waals surface area contributed by atoms with Crippen LogP contribution in [0, 0.1) is 55.4 Å². The maximum absolute atomic E-state index is 10.2. The van der Waals surface area contributed by atoms with Gasteiger partial charge in [0.25, 0.3) is 0 Å². The second-order valence-electron chi connectivity index (χ2n) is 18.3. The molecule has 8 nitrogen and oxygen atoms in total. The summed E-state index contributed by atoms with van der Waals surface area (Å²) >= 11 is 0. The predicted molar refractivity (Wildman–Crippen MR) is 270 cm³/mol. The van der Waals surface area contributed by atoms with Gasteiger partial charge in [0.1, 0.15) is 46.0 Å². The second kappa shape index (κ2) is 19.9. The molecule has 8 aromatic carbocycles. The van der Waals surface area contributed by atoms with Gasteiger partial charge >= 0.3 is 0 Å². The summed E-state index contributed by atoms with van der Waals surface area (Å²) in [5.74, 6) is 1.26. The van der Waals surface area contributed by atoms with E-state index in [0.29, 0.717) is 0 Å². The molecule has 0 spiro atoms.